The second-order valence-corrected chi connectivity index (χ2v) is 10.9. The molecule has 8 nitrogen and oxygen atoms in total. The van der Waals surface area contributed by atoms with E-state index in [2.05, 4.69) is 10.3 Å². The Bertz CT molecular complexity index is 1140. The molecule has 1 aromatic carbocycles. The molecule has 170 valence electrons. The molecule has 0 radical (unpaired) electrons. The summed E-state index contributed by atoms with van der Waals surface area (Å²) in [7, 11) is -3.76. The van der Waals surface area contributed by atoms with Crippen LogP contribution in [0.3, 0.4) is 0 Å². The molecule has 2 aromatic rings. The van der Waals surface area contributed by atoms with Gasteiger partial charge in [-0.3, -0.25) is 4.79 Å². The number of fused-ring (bicyclic) bond motifs is 2. The lowest BCUT2D eigenvalue weighted by atomic mass is 10.0. The van der Waals surface area contributed by atoms with Gasteiger partial charge in [-0.05, 0) is 48.9 Å². The van der Waals surface area contributed by atoms with Gasteiger partial charge in [-0.15, -0.1) is 0 Å². The van der Waals surface area contributed by atoms with Crippen molar-refractivity contribution in [1.82, 2.24) is 9.29 Å². The zero-order valence-corrected chi connectivity index (χ0v) is 19.5. The van der Waals surface area contributed by atoms with E-state index in [4.69, 9.17) is 27.9 Å². The minimum absolute atomic E-state index is 0.125. The lowest BCUT2D eigenvalue weighted by Gasteiger charge is -2.32. The van der Waals surface area contributed by atoms with Gasteiger partial charge in [-0.25, -0.2) is 9.29 Å². The van der Waals surface area contributed by atoms with E-state index in [1.165, 1.54) is 10.7 Å². The zero-order chi connectivity index (χ0) is 22.5. The topological polar surface area (TPSA) is 91.8 Å². The molecule has 1 aromatic heterocycles. The number of hydrogen-bond acceptors (Lipinski definition) is 5. The maximum Gasteiger partial charge on any atom is 0.305 e. The first kappa shape index (κ1) is 21.8. The summed E-state index contributed by atoms with van der Waals surface area (Å²) in [6.07, 6.45) is 3.33. The van der Waals surface area contributed by atoms with Gasteiger partial charge in [0.1, 0.15) is 12.4 Å². The highest BCUT2D eigenvalue weighted by Crippen LogP contribution is 2.41. The van der Waals surface area contributed by atoms with Crippen molar-refractivity contribution in [2.75, 3.05) is 35.9 Å². The number of carbonyl (C=O) groups is 1. The van der Waals surface area contributed by atoms with Gasteiger partial charge in [0.2, 0.25) is 0 Å². The van der Waals surface area contributed by atoms with E-state index in [0.717, 1.165) is 12.8 Å². The van der Waals surface area contributed by atoms with Gasteiger partial charge < -0.3 is 10.1 Å². The molecule has 5 rings (SSSR count). The summed E-state index contributed by atoms with van der Waals surface area (Å²) in [5.74, 6) is 1.03. The number of nitrogens with zero attached hydrogens (tertiary/aromatic N) is 3. The number of benzene rings is 1. The van der Waals surface area contributed by atoms with E-state index >= 15 is 0 Å². The van der Waals surface area contributed by atoms with Crippen LogP contribution in [0.1, 0.15) is 29.6 Å². The van der Waals surface area contributed by atoms with Crippen LogP contribution in [-0.4, -0.2) is 49.9 Å². The summed E-state index contributed by atoms with van der Waals surface area (Å²) in [4.78, 5) is 17.1. The van der Waals surface area contributed by atoms with Gasteiger partial charge in [0.25, 0.3) is 5.91 Å². The number of amides is 1. The lowest BCUT2D eigenvalue weighted by molar-refractivity contribution is 0.102. The molecular formula is C21H22Cl2N4O4S. The number of rotatable bonds is 4. The fourth-order valence-corrected chi connectivity index (χ4v) is 7.04. The fraction of sp³-hybridized carbons (Fsp3) is 0.429. The summed E-state index contributed by atoms with van der Waals surface area (Å²) in [5.41, 5.74) is 0.125. The first-order chi connectivity index (χ1) is 15.3. The summed E-state index contributed by atoms with van der Waals surface area (Å²) < 4.78 is 35.4. The Morgan fingerprint density at radius 1 is 1.09 bits per heavy atom. The minimum Gasteiger partial charge on any atom is -0.488 e. The van der Waals surface area contributed by atoms with Crippen LogP contribution in [-0.2, 0) is 10.2 Å². The van der Waals surface area contributed by atoms with E-state index in [1.54, 1.807) is 34.6 Å². The molecule has 2 unspecified atom stereocenters. The Morgan fingerprint density at radius 3 is 2.47 bits per heavy atom. The second-order valence-electron chi connectivity index (χ2n) is 8.27. The Hall–Kier alpha value is -2.07. The van der Waals surface area contributed by atoms with Gasteiger partial charge in [0.05, 0.1) is 22.2 Å². The number of hydrogen-bond donors (Lipinski definition) is 1. The van der Waals surface area contributed by atoms with E-state index in [-0.39, 0.29) is 40.4 Å². The zero-order valence-electron chi connectivity index (χ0n) is 17.1. The number of pyridine rings is 1. The molecule has 2 fully saturated rings. The summed E-state index contributed by atoms with van der Waals surface area (Å²) in [5, 5.41) is 3.07. The molecule has 3 heterocycles. The highest BCUT2D eigenvalue weighted by atomic mass is 35.5. The third-order valence-electron chi connectivity index (χ3n) is 6.36. The maximum atomic E-state index is 13.5. The number of ether oxygens (including phenoxy) is 1. The van der Waals surface area contributed by atoms with Crippen LogP contribution in [0.15, 0.2) is 30.3 Å². The molecule has 2 atom stereocenters. The van der Waals surface area contributed by atoms with E-state index < -0.39 is 16.1 Å². The van der Waals surface area contributed by atoms with Crippen LogP contribution in [0, 0.1) is 11.8 Å². The molecule has 32 heavy (non-hydrogen) atoms. The molecule has 1 amide bonds. The molecule has 0 spiro atoms. The van der Waals surface area contributed by atoms with Crippen molar-refractivity contribution in [3.8, 4) is 5.75 Å². The van der Waals surface area contributed by atoms with Crippen molar-refractivity contribution < 1.29 is 17.9 Å². The van der Waals surface area contributed by atoms with Crippen LogP contribution in [0.25, 0.3) is 0 Å². The van der Waals surface area contributed by atoms with Gasteiger partial charge in [-0.2, -0.15) is 12.7 Å². The van der Waals surface area contributed by atoms with Gasteiger partial charge in [-0.1, -0.05) is 35.7 Å². The van der Waals surface area contributed by atoms with E-state index in [1.807, 2.05) is 0 Å². The highest BCUT2D eigenvalue weighted by molar-refractivity contribution is 7.90. The van der Waals surface area contributed by atoms with Crippen molar-refractivity contribution >= 4 is 51.0 Å². The van der Waals surface area contributed by atoms with Crippen LogP contribution < -0.4 is 14.4 Å². The number of halogens is 2. The summed E-state index contributed by atoms with van der Waals surface area (Å²) in [6.45, 7) is 1.47. The van der Waals surface area contributed by atoms with Gasteiger partial charge >= 0.3 is 10.2 Å². The third kappa shape index (κ3) is 3.81. The molecule has 1 saturated heterocycles. The van der Waals surface area contributed by atoms with E-state index in [0.29, 0.717) is 30.7 Å². The number of aromatic nitrogens is 1. The molecule has 1 N–H and O–H groups in total. The van der Waals surface area contributed by atoms with Crippen LogP contribution in [0.5, 0.6) is 5.75 Å². The Morgan fingerprint density at radius 2 is 1.78 bits per heavy atom. The molecule has 3 aliphatic rings. The Balaban J connectivity index is 1.42. The van der Waals surface area contributed by atoms with Crippen molar-refractivity contribution in [2.24, 2.45) is 11.8 Å². The predicted molar refractivity (Wildman–Crippen MR) is 123 cm³/mol. The minimum atomic E-state index is -3.76. The van der Waals surface area contributed by atoms with Crippen LogP contribution >= 0.6 is 23.2 Å². The van der Waals surface area contributed by atoms with Crippen molar-refractivity contribution in [1.29, 1.82) is 0 Å². The molecule has 0 bridgehead atoms. The first-order valence-corrected chi connectivity index (χ1v) is 12.7. The molecule has 2 aliphatic heterocycles. The Kier molecular flexibility index (Phi) is 5.69. The number of anilines is 2. The quantitative estimate of drug-likeness (QED) is 0.694. The number of nitrogens with one attached hydrogen (secondary N) is 1. The smallest absolute Gasteiger partial charge is 0.305 e. The maximum absolute atomic E-state index is 13.5. The standard InChI is InChI=1S/C21H22Cl2N4O4S/c22-15-5-2-6-16(23)19(15)21(28)25-18-8-7-17-20(24-18)27(9-10-31-17)32(29,30)26-11-13-3-1-4-14(13)12-26/h2,5-8,13-14H,1,3-4,9-12H2,(H,24,25,28). The van der Waals surface area contributed by atoms with Gasteiger partial charge in [0, 0.05) is 13.1 Å². The van der Waals surface area contributed by atoms with Gasteiger partial charge in [0.15, 0.2) is 11.6 Å². The summed E-state index contributed by atoms with van der Waals surface area (Å²) in [6, 6.07) is 7.93. The summed E-state index contributed by atoms with van der Waals surface area (Å²) >= 11 is 12.2. The van der Waals surface area contributed by atoms with E-state index in [9.17, 15) is 13.2 Å². The Labute approximate surface area is 196 Å². The molecule has 1 saturated carbocycles. The molecular weight excluding hydrogens is 475 g/mol. The first-order valence-electron chi connectivity index (χ1n) is 10.5. The highest BCUT2D eigenvalue weighted by Gasteiger charge is 2.44. The van der Waals surface area contributed by atoms with Crippen molar-refractivity contribution in [3.63, 3.8) is 0 Å². The monoisotopic (exact) mass is 496 g/mol. The lowest BCUT2D eigenvalue weighted by Crippen LogP contribution is -2.47. The third-order valence-corrected chi connectivity index (χ3v) is 8.85. The SMILES string of the molecule is O=C(Nc1ccc2c(n1)N(S(=O)(=O)N1CC3CCCC3C1)CCO2)c1c(Cl)cccc1Cl. The molecule has 1 aliphatic carbocycles. The average molecular weight is 497 g/mol. The van der Waals surface area contributed by atoms with Crippen molar-refractivity contribution in [3.05, 3.63) is 45.9 Å². The largest absolute Gasteiger partial charge is 0.488 e. The number of carbonyl (C=O) groups excluding carboxylic acids is 1. The normalized spacial score (nSPS) is 22.9. The predicted octanol–water partition coefficient (Wildman–Crippen LogP) is 3.82. The van der Waals surface area contributed by atoms with Crippen molar-refractivity contribution in [2.45, 2.75) is 19.3 Å². The second kappa shape index (κ2) is 8.37. The molecule has 11 heteroatoms. The van der Waals surface area contributed by atoms with Crippen LogP contribution in [0.4, 0.5) is 11.6 Å². The fourth-order valence-electron chi connectivity index (χ4n) is 4.78. The average Bonchev–Trinajstić information content (AvgIpc) is 3.36. The van der Waals surface area contributed by atoms with Crippen LogP contribution in [0.2, 0.25) is 10.0 Å².